The van der Waals surface area contributed by atoms with Crippen molar-refractivity contribution in [3.63, 3.8) is 0 Å². The standard InChI is InChI=1S/C7H6F3NO.C6H6ClNO.C2H6/c1-12-6-5(7(8,9)10)3-2-4-11-6;1-9-6-5(7)3-2-4-8-6;1-2/h2-4H,1H3;2-4H,1H3;1-2H3. The van der Waals surface area contributed by atoms with Crippen molar-refractivity contribution in [1.29, 1.82) is 0 Å². The lowest BCUT2D eigenvalue weighted by molar-refractivity contribution is -0.139. The number of pyridine rings is 2. The van der Waals surface area contributed by atoms with Gasteiger partial charge < -0.3 is 9.47 Å². The molecule has 0 saturated carbocycles. The van der Waals surface area contributed by atoms with E-state index in [4.69, 9.17) is 16.3 Å². The summed E-state index contributed by atoms with van der Waals surface area (Å²) in [4.78, 5) is 7.26. The first-order chi connectivity index (χ1) is 10.9. The minimum Gasteiger partial charge on any atom is -0.481 e. The number of aromatic nitrogens is 2. The van der Waals surface area contributed by atoms with E-state index in [0.29, 0.717) is 10.9 Å². The number of hydrogen-bond acceptors (Lipinski definition) is 4. The molecule has 0 N–H and O–H groups in total. The van der Waals surface area contributed by atoms with Gasteiger partial charge in [0.1, 0.15) is 10.6 Å². The summed E-state index contributed by atoms with van der Waals surface area (Å²) in [5, 5.41) is 0.542. The molecule has 8 heteroatoms. The molecule has 2 aromatic rings. The van der Waals surface area contributed by atoms with Crippen LogP contribution in [0.5, 0.6) is 11.8 Å². The molecule has 0 aliphatic carbocycles. The molecular formula is C15H18ClF3N2O2. The molecule has 0 aliphatic rings. The van der Waals surface area contributed by atoms with Crippen molar-refractivity contribution < 1.29 is 22.6 Å². The van der Waals surface area contributed by atoms with Crippen LogP contribution in [0.1, 0.15) is 19.4 Å². The molecule has 0 aromatic carbocycles. The fourth-order valence-electron chi connectivity index (χ4n) is 1.29. The Hall–Kier alpha value is -2.02. The van der Waals surface area contributed by atoms with Crippen LogP contribution in [0.3, 0.4) is 0 Å². The van der Waals surface area contributed by atoms with Gasteiger partial charge in [-0.2, -0.15) is 13.2 Å². The summed E-state index contributed by atoms with van der Waals surface area (Å²) in [5.74, 6) is 0.0733. The van der Waals surface area contributed by atoms with Crippen molar-refractivity contribution in [2.75, 3.05) is 14.2 Å². The van der Waals surface area contributed by atoms with Gasteiger partial charge in [-0.1, -0.05) is 25.4 Å². The van der Waals surface area contributed by atoms with Crippen LogP contribution in [0.2, 0.25) is 5.02 Å². The number of rotatable bonds is 2. The second kappa shape index (κ2) is 10.7. The quantitative estimate of drug-likeness (QED) is 0.774. The fourth-order valence-corrected chi connectivity index (χ4v) is 1.49. The minimum atomic E-state index is -4.40. The highest BCUT2D eigenvalue weighted by molar-refractivity contribution is 6.31. The molecule has 0 spiro atoms. The third-order valence-corrected chi connectivity index (χ3v) is 2.48. The number of alkyl halides is 3. The van der Waals surface area contributed by atoms with Gasteiger partial charge >= 0.3 is 6.18 Å². The van der Waals surface area contributed by atoms with E-state index in [1.54, 1.807) is 18.3 Å². The monoisotopic (exact) mass is 350 g/mol. The predicted molar refractivity (Wildman–Crippen MR) is 82.9 cm³/mol. The number of halogens is 4. The zero-order valence-electron chi connectivity index (χ0n) is 13.2. The summed E-state index contributed by atoms with van der Waals surface area (Å²) in [7, 11) is 2.69. The predicted octanol–water partition coefficient (Wildman–Crippen LogP) is 4.88. The zero-order valence-corrected chi connectivity index (χ0v) is 13.9. The van der Waals surface area contributed by atoms with E-state index in [9.17, 15) is 13.2 Å². The van der Waals surface area contributed by atoms with Crippen LogP contribution in [-0.2, 0) is 6.18 Å². The van der Waals surface area contributed by atoms with Gasteiger partial charge in [0, 0.05) is 12.4 Å². The van der Waals surface area contributed by atoms with E-state index in [1.165, 1.54) is 19.4 Å². The number of nitrogens with zero attached hydrogens (tertiary/aromatic N) is 2. The SMILES string of the molecule is CC.COc1ncccc1C(F)(F)F.COc1ncccc1Cl. The highest BCUT2D eigenvalue weighted by atomic mass is 35.5. The van der Waals surface area contributed by atoms with Gasteiger partial charge in [0.2, 0.25) is 11.8 Å². The van der Waals surface area contributed by atoms with Gasteiger partial charge in [-0.25, -0.2) is 9.97 Å². The third kappa shape index (κ3) is 7.19. The van der Waals surface area contributed by atoms with E-state index in [-0.39, 0.29) is 0 Å². The van der Waals surface area contributed by atoms with Crippen LogP contribution in [0.4, 0.5) is 13.2 Å². The summed E-state index contributed by atoms with van der Waals surface area (Å²) in [5.41, 5.74) is -0.854. The molecule has 2 rings (SSSR count). The van der Waals surface area contributed by atoms with Crippen molar-refractivity contribution in [1.82, 2.24) is 9.97 Å². The molecule has 0 amide bonds. The minimum absolute atomic E-state index is 0.398. The first kappa shape index (κ1) is 21.0. The average molecular weight is 351 g/mol. The Balaban J connectivity index is 0.000000392. The van der Waals surface area contributed by atoms with Crippen molar-refractivity contribution in [3.05, 3.63) is 47.2 Å². The zero-order chi connectivity index (χ0) is 17.9. The lowest BCUT2D eigenvalue weighted by Gasteiger charge is -2.09. The molecule has 4 nitrogen and oxygen atoms in total. The maximum Gasteiger partial charge on any atom is 0.421 e. The van der Waals surface area contributed by atoms with Crippen LogP contribution < -0.4 is 9.47 Å². The van der Waals surface area contributed by atoms with E-state index in [2.05, 4.69) is 14.7 Å². The molecule has 0 aliphatic heterocycles. The Morgan fingerprint density at radius 3 is 1.74 bits per heavy atom. The number of methoxy groups -OCH3 is 2. The van der Waals surface area contributed by atoms with Gasteiger partial charge in [0.25, 0.3) is 0 Å². The fraction of sp³-hybridized carbons (Fsp3) is 0.333. The molecule has 0 saturated heterocycles. The van der Waals surface area contributed by atoms with Gasteiger partial charge in [-0.05, 0) is 24.3 Å². The van der Waals surface area contributed by atoms with Crippen LogP contribution >= 0.6 is 11.6 Å². The van der Waals surface area contributed by atoms with E-state index >= 15 is 0 Å². The van der Waals surface area contributed by atoms with Gasteiger partial charge in [-0.3, -0.25) is 0 Å². The van der Waals surface area contributed by atoms with E-state index in [0.717, 1.165) is 13.2 Å². The lowest BCUT2D eigenvalue weighted by atomic mass is 10.2. The van der Waals surface area contributed by atoms with Gasteiger partial charge in [-0.15, -0.1) is 0 Å². The van der Waals surface area contributed by atoms with Crippen molar-refractivity contribution >= 4 is 11.6 Å². The Morgan fingerprint density at radius 1 is 0.913 bits per heavy atom. The van der Waals surface area contributed by atoms with Gasteiger partial charge in [0.05, 0.1) is 14.2 Å². The van der Waals surface area contributed by atoms with Crippen LogP contribution in [0, 0.1) is 0 Å². The summed E-state index contributed by atoms with van der Waals surface area (Å²) in [6.07, 6.45) is -1.53. The van der Waals surface area contributed by atoms with Crippen molar-refractivity contribution in [2.24, 2.45) is 0 Å². The van der Waals surface area contributed by atoms with Crippen molar-refractivity contribution in [2.45, 2.75) is 20.0 Å². The molecule has 0 fully saturated rings. The Morgan fingerprint density at radius 2 is 1.39 bits per heavy atom. The molecule has 0 bridgehead atoms. The molecule has 0 radical (unpaired) electrons. The molecule has 2 heterocycles. The van der Waals surface area contributed by atoms with E-state index < -0.39 is 17.6 Å². The molecule has 0 unspecified atom stereocenters. The van der Waals surface area contributed by atoms with Crippen LogP contribution in [-0.4, -0.2) is 24.2 Å². The lowest BCUT2D eigenvalue weighted by Crippen LogP contribution is -2.08. The molecule has 128 valence electrons. The van der Waals surface area contributed by atoms with Gasteiger partial charge in [0.15, 0.2) is 0 Å². The average Bonchev–Trinajstić information content (AvgIpc) is 2.57. The molecule has 0 atom stereocenters. The maximum atomic E-state index is 12.1. The number of hydrogen-bond donors (Lipinski definition) is 0. The Labute approximate surface area is 138 Å². The smallest absolute Gasteiger partial charge is 0.421 e. The topological polar surface area (TPSA) is 44.2 Å². The highest BCUT2D eigenvalue weighted by Crippen LogP contribution is 2.34. The maximum absolute atomic E-state index is 12.1. The molecular weight excluding hydrogens is 333 g/mol. The number of ether oxygens (including phenoxy) is 2. The summed E-state index contributed by atoms with van der Waals surface area (Å²) in [6.45, 7) is 4.00. The normalized spacial score (nSPS) is 9.74. The molecule has 2 aromatic heterocycles. The molecule has 23 heavy (non-hydrogen) atoms. The Kier molecular flexibility index (Phi) is 9.73. The summed E-state index contributed by atoms with van der Waals surface area (Å²) >= 11 is 5.64. The highest BCUT2D eigenvalue weighted by Gasteiger charge is 2.34. The van der Waals surface area contributed by atoms with Crippen molar-refractivity contribution in [3.8, 4) is 11.8 Å². The van der Waals surface area contributed by atoms with Crippen LogP contribution in [0.25, 0.3) is 0 Å². The summed E-state index contributed by atoms with van der Waals surface area (Å²) < 4.78 is 45.6. The largest absolute Gasteiger partial charge is 0.481 e. The Bertz CT molecular complexity index is 581. The second-order valence-electron chi connectivity index (χ2n) is 3.55. The second-order valence-corrected chi connectivity index (χ2v) is 3.96. The summed E-state index contributed by atoms with van der Waals surface area (Å²) in [6, 6.07) is 5.62. The first-order valence-corrected chi connectivity index (χ1v) is 6.98. The first-order valence-electron chi connectivity index (χ1n) is 6.60. The third-order valence-electron chi connectivity index (χ3n) is 2.19. The van der Waals surface area contributed by atoms with E-state index in [1.807, 2.05) is 13.8 Å². The van der Waals surface area contributed by atoms with Crippen LogP contribution in [0.15, 0.2) is 36.7 Å².